The van der Waals surface area contributed by atoms with Crippen molar-refractivity contribution < 1.29 is 23.9 Å². The molecule has 0 radical (unpaired) electrons. The third-order valence-corrected chi connectivity index (χ3v) is 7.76. The Morgan fingerprint density at radius 2 is 1.92 bits per heavy atom. The molecule has 36 heavy (non-hydrogen) atoms. The zero-order chi connectivity index (χ0) is 27.0. The summed E-state index contributed by atoms with van der Waals surface area (Å²) >= 11 is 1.18. The summed E-state index contributed by atoms with van der Waals surface area (Å²) in [4.78, 5) is 56.1. The molecule has 1 aliphatic heterocycles. The fraction of sp³-hybridized carbons (Fsp3) is 0.720. The molecule has 2 heterocycles. The summed E-state index contributed by atoms with van der Waals surface area (Å²) in [5.41, 5.74) is 5.43. The van der Waals surface area contributed by atoms with Crippen molar-refractivity contribution in [3.63, 3.8) is 0 Å². The zero-order valence-corrected chi connectivity index (χ0v) is 23.0. The number of carbonyl (C=O) groups excluding carboxylic acids is 4. The number of primary amides is 1. The molecule has 0 aromatic carbocycles. The van der Waals surface area contributed by atoms with Crippen molar-refractivity contribution in [1.82, 2.24) is 20.5 Å². The average Bonchev–Trinajstić information content (AvgIpc) is 3.31. The highest BCUT2D eigenvalue weighted by molar-refractivity contribution is 7.09. The molecule has 0 aliphatic carbocycles. The minimum absolute atomic E-state index is 0.000318. The molecule has 0 spiro atoms. The van der Waals surface area contributed by atoms with E-state index in [2.05, 4.69) is 15.6 Å². The third kappa shape index (κ3) is 8.26. The fourth-order valence-electron chi connectivity index (χ4n) is 4.31. The lowest BCUT2D eigenvalue weighted by atomic mass is 9.94. The van der Waals surface area contributed by atoms with Crippen LogP contribution in [-0.2, 0) is 19.1 Å². The van der Waals surface area contributed by atoms with E-state index in [-0.39, 0.29) is 47.8 Å². The van der Waals surface area contributed by atoms with Crippen molar-refractivity contribution in [2.45, 2.75) is 91.0 Å². The van der Waals surface area contributed by atoms with Crippen molar-refractivity contribution in [3.05, 3.63) is 16.1 Å². The van der Waals surface area contributed by atoms with Gasteiger partial charge in [0.1, 0.15) is 16.7 Å². The number of esters is 1. The molecule has 0 saturated carbocycles. The topological polar surface area (TPSA) is 144 Å². The summed E-state index contributed by atoms with van der Waals surface area (Å²) in [6, 6.07) is -1.30. The summed E-state index contributed by atoms with van der Waals surface area (Å²) in [6.07, 6.45) is 3.06. The molecule has 4 N–H and O–H groups in total. The number of ether oxygens (including phenoxy) is 1. The first-order valence-electron chi connectivity index (χ1n) is 12.7. The van der Waals surface area contributed by atoms with Crippen LogP contribution in [0.15, 0.2) is 5.38 Å². The molecular weight excluding hydrogens is 482 g/mol. The molecule has 1 aromatic heterocycles. The number of piperidine rings is 1. The number of nitrogens with one attached hydrogen (secondary N) is 2. The molecule has 2 rings (SSSR count). The van der Waals surface area contributed by atoms with Crippen LogP contribution in [0.2, 0.25) is 0 Å². The van der Waals surface area contributed by atoms with Gasteiger partial charge < -0.3 is 21.1 Å². The molecule has 0 bridgehead atoms. The first-order chi connectivity index (χ1) is 16.9. The molecule has 3 amide bonds. The Morgan fingerprint density at radius 3 is 2.44 bits per heavy atom. The van der Waals surface area contributed by atoms with E-state index in [4.69, 9.17) is 10.5 Å². The molecule has 10 nitrogen and oxygen atoms in total. The average molecular weight is 524 g/mol. The van der Waals surface area contributed by atoms with Gasteiger partial charge in [0.2, 0.25) is 11.8 Å². The maximum Gasteiger partial charge on any atom is 0.303 e. The predicted molar refractivity (Wildman–Crippen MR) is 138 cm³/mol. The zero-order valence-electron chi connectivity index (χ0n) is 22.2. The van der Waals surface area contributed by atoms with Gasteiger partial charge in [-0.25, -0.2) is 4.98 Å². The number of likely N-dealkylation sites (N-methyl/N-ethyl adjacent to an activating group) is 1. The van der Waals surface area contributed by atoms with E-state index in [0.717, 1.165) is 32.2 Å². The quantitative estimate of drug-likeness (QED) is 0.357. The van der Waals surface area contributed by atoms with Crippen molar-refractivity contribution >= 4 is 35.0 Å². The summed E-state index contributed by atoms with van der Waals surface area (Å²) in [5, 5.41) is 8.04. The number of carbonyl (C=O) groups is 4. The van der Waals surface area contributed by atoms with Gasteiger partial charge in [0, 0.05) is 24.8 Å². The number of hydrogen-bond acceptors (Lipinski definition) is 8. The Bertz CT molecular complexity index is 920. The first kappa shape index (κ1) is 29.7. The number of nitrogens with zero attached hydrogens (tertiary/aromatic N) is 2. The van der Waals surface area contributed by atoms with Gasteiger partial charge in [-0.05, 0) is 38.3 Å². The van der Waals surface area contributed by atoms with Crippen molar-refractivity contribution in [2.75, 3.05) is 13.6 Å². The first-order valence-corrected chi connectivity index (χ1v) is 13.6. The molecule has 202 valence electrons. The van der Waals surface area contributed by atoms with Crippen LogP contribution in [0, 0.1) is 11.8 Å². The third-order valence-electron chi connectivity index (χ3n) is 6.82. The molecule has 11 heteroatoms. The molecule has 5 atom stereocenters. The largest absolute Gasteiger partial charge is 0.455 e. The van der Waals surface area contributed by atoms with E-state index in [0.29, 0.717) is 5.01 Å². The lowest BCUT2D eigenvalue weighted by Gasteiger charge is -2.34. The van der Waals surface area contributed by atoms with Gasteiger partial charge in [-0.3, -0.25) is 24.1 Å². The monoisotopic (exact) mass is 523 g/mol. The van der Waals surface area contributed by atoms with Crippen molar-refractivity contribution in [3.8, 4) is 0 Å². The van der Waals surface area contributed by atoms with Crippen LogP contribution in [0.3, 0.4) is 0 Å². The van der Waals surface area contributed by atoms with Crippen LogP contribution in [0.1, 0.15) is 88.3 Å². The van der Waals surface area contributed by atoms with E-state index >= 15 is 0 Å². The summed E-state index contributed by atoms with van der Waals surface area (Å²) in [6.45, 7) is 10.0. The maximum absolute atomic E-state index is 13.5. The van der Waals surface area contributed by atoms with Crippen LogP contribution in [-0.4, -0.2) is 65.3 Å². The van der Waals surface area contributed by atoms with E-state index in [1.165, 1.54) is 23.6 Å². The number of amides is 3. The fourth-order valence-corrected chi connectivity index (χ4v) is 5.16. The van der Waals surface area contributed by atoms with E-state index < -0.39 is 24.0 Å². The van der Waals surface area contributed by atoms with Crippen LogP contribution < -0.4 is 16.4 Å². The lowest BCUT2D eigenvalue weighted by molar-refractivity contribution is -0.147. The van der Waals surface area contributed by atoms with Crippen LogP contribution in [0.5, 0.6) is 0 Å². The smallest absolute Gasteiger partial charge is 0.303 e. The van der Waals surface area contributed by atoms with Gasteiger partial charge in [0.05, 0.1) is 6.04 Å². The molecule has 1 saturated heterocycles. The number of nitrogens with two attached hydrogens (primary N) is 1. The standard InChI is InChI=1S/C25H41N5O5S/c1-7-15(4)21(29-23(33)19-10-8-9-11-30(19)6)24(34)27-17(14(2)3)12-20(35-16(5)31)25-28-18(13-36-25)22(26)32/h13-15,17,19-21H,7-12H2,1-6H3,(H2,26,32)(H,27,34)(H,29,33)/t15?,17-,19-,20-,21+/m1/s1. The Balaban J connectivity index is 2.19. The predicted octanol–water partition coefficient (Wildman–Crippen LogP) is 2.39. The molecule has 1 fully saturated rings. The highest BCUT2D eigenvalue weighted by Crippen LogP contribution is 2.28. The van der Waals surface area contributed by atoms with Gasteiger partial charge in [0.15, 0.2) is 6.10 Å². The Kier molecular flexibility index (Phi) is 11.3. The SMILES string of the molecule is CCC(C)[C@H](NC(=O)[C@H]1CCCCN1C)C(=O)N[C@H](C[C@@H](OC(C)=O)c1nc(C(N)=O)cs1)C(C)C. The van der Waals surface area contributed by atoms with E-state index in [1.54, 1.807) is 0 Å². The highest BCUT2D eigenvalue weighted by atomic mass is 32.1. The maximum atomic E-state index is 13.5. The molecule has 1 unspecified atom stereocenters. The van der Waals surface area contributed by atoms with Crippen molar-refractivity contribution in [1.29, 1.82) is 0 Å². The Morgan fingerprint density at radius 1 is 1.22 bits per heavy atom. The van der Waals surface area contributed by atoms with E-state index in [9.17, 15) is 19.2 Å². The summed E-state index contributed by atoms with van der Waals surface area (Å²) < 4.78 is 5.51. The second-order valence-electron chi connectivity index (χ2n) is 9.99. The number of thiazole rings is 1. The van der Waals surface area contributed by atoms with Crippen LogP contribution >= 0.6 is 11.3 Å². The normalized spacial score (nSPS) is 19.7. The Labute approximate surface area is 217 Å². The van der Waals surface area contributed by atoms with Gasteiger partial charge in [0.25, 0.3) is 5.91 Å². The van der Waals surface area contributed by atoms with Gasteiger partial charge >= 0.3 is 5.97 Å². The second kappa shape index (κ2) is 13.7. The number of hydrogen-bond donors (Lipinski definition) is 3. The van der Waals surface area contributed by atoms with Gasteiger partial charge in [-0.15, -0.1) is 11.3 Å². The van der Waals surface area contributed by atoms with Crippen molar-refractivity contribution in [2.24, 2.45) is 17.6 Å². The number of rotatable bonds is 12. The minimum Gasteiger partial charge on any atom is -0.455 e. The van der Waals surface area contributed by atoms with Gasteiger partial charge in [-0.1, -0.05) is 40.5 Å². The number of aromatic nitrogens is 1. The highest BCUT2D eigenvalue weighted by Gasteiger charge is 2.34. The van der Waals surface area contributed by atoms with Crippen LogP contribution in [0.25, 0.3) is 0 Å². The van der Waals surface area contributed by atoms with Crippen LogP contribution in [0.4, 0.5) is 0 Å². The number of likely N-dealkylation sites (tertiary alicyclic amines) is 1. The molecular formula is C25H41N5O5S. The van der Waals surface area contributed by atoms with Gasteiger partial charge in [-0.2, -0.15) is 0 Å². The van der Waals surface area contributed by atoms with E-state index in [1.807, 2.05) is 39.6 Å². The summed E-state index contributed by atoms with van der Waals surface area (Å²) in [7, 11) is 1.94. The molecule has 1 aliphatic rings. The second-order valence-corrected chi connectivity index (χ2v) is 10.9. The Hall–Kier alpha value is -2.53. The minimum atomic E-state index is -0.749. The lowest BCUT2D eigenvalue weighted by Crippen LogP contribution is -2.57. The summed E-state index contributed by atoms with van der Waals surface area (Å²) in [5.74, 6) is -1.63. The molecule has 1 aromatic rings.